The Bertz CT molecular complexity index is 307. The highest BCUT2D eigenvalue weighted by molar-refractivity contribution is 7.80. The van der Waals surface area contributed by atoms with E-state index in [1.54, 1.807) is 0 Å². The molecular weight excluding hydrogens is 246 g/mol. The lowest BCUT2D eigenvalue weighted by atomic mass is 10.0. The second kappa shape index (κ2) is 6.92. The van der Waals surface area contributed by atoms with E-state index in [0.717, 1.165) is 19.5 Å². The summed E-state index contributed by atoms with van der Waals surface area (Å²) >= 11 is 4.89. The number of thiocarbonyl (C=S) groups is 1. The van der Waals surface area contributed by atoms with E-state index in [2.05, 4.69) is 6.92 Å². The van der Waals surface area contributed by atoms with Crippen LogP contribution in [-0.2, 0) is 0 Å². The monoisotopic (exact) mass is 271 g/mol. The third-order valence-electron chi connectivity index (χ3n) is 3.40. The molecule has 0 radical (unpaired) electrons. The van der Waals surface area contributed by atoms with Crippen molar-refractivity contribution in [1.82, 2.24) is 9.80 Å². The Labute approximate surface area is 115 Å². The number of rotatable bonds is 4. The number of carbonyl (C=O) groups is 1. The summed E-state index contributed by atoms with van der Waals surface area (Å²) in [5, 5.41) is 0. The van der Waals surface area contributed by atoms with Crippen molar-refractivity contribution in [3.63, 3.8) is 0 Å². The molecule has 1 rings (SSSR count). The van der Waals surface area contributed by atoms with Crippen LogP contribution < -0.4 is 5.73 Å². The average molecular weight is 271 g/mol. The van der Waals surface area contributed by atoms with Crippen LogP contribution in [0.5, 0.6) is 0 Å². The van der Waals surface area contributed by atoms with Gasteiger partial charge in [0.1, 0.15) is 0 Å². The summed E-state index contributed by atoms with van der Waals surface area (Å²) in [6, 6.07) is 0.317. The first kappa shape index (κ1) is 15.2. The minimum absolute atomic E-state index is 0.132. The molecule has 1 fully saturated rings. The van der Waals surface area contributed by atoms with Gasteiger partial charge >= 0.3 is 6.03 Å². The molecular formula is C13H25N3OS. The summed E-state index contributed by atoms with van der Waals surface area (Å²) in [4.78, 5) is 16.8. The van der Waals surface area contributed by atoms with Crippen LogP contribution in [0.2, 0.25) is 0 Å². The highest BCUT2D eigenvalue weighted by Gasteiger charge is 2.26. The lowest BCUT2D eigenvalue weighted by Gasteiger charge is -2.37. The molecule has 0 spiro atoms. The predicted molar refractivity (Wildman–Crippen MR) is 78.6 cm³/mol. The van der Waals surface area contributed by atoms with Crippen LogP contribution >= 0.6 is 12.2 Å². The largest absolute Gasteiger partial charge is 0.393 e. The number of hydrogen-bond donors (Lipinski definition) is 1. The summed E-state index contributed by atoms with van der Waals surface area (Å²) in [6.07, 6.45) is 2.93. The smallest absolute Gasteiger partial charge is 0.320 e. The second-order valence-corrected chi connectivity index (χ2v) is 6.00. The number of nitrogens with two attached hydrogens (primary N) is 1. The minimum atomic E-state index is 0.132. The number of hydrogen-bond acceptors (Lipinski definition) is 2. The zero-order valence-corrected chi connectivity index (χ0v) is 12.5. The number of carbonyl (C=O) groups excluding carboxylic acids is 1. The molecule has 4 nitrogen and oxygen atoms in total. The van der Waals surface area contributed by atoms with Gasteiger partial charge in [-0.2, -0.15) is 0 Å². The molecule has 2 N–H and O–H groups in total. The minimum Gasteiger partial charge on any atom is -0.393 e. The number of amides is 2. The first-order valence-corrected chi connectivity index (χ1v) is 7.16. The van der Waals surface area contributed by atoms with E-state index < -0.39 is 0 Å². The van der Waals surface area contributed by atoms with Gasteiger partial charge in [-0.3, -0.25) is 0 Å². The number of nitrogens with zero attached hydrogens (tertiary/aromatic N) is 2. The molecule has 0 aromatic heterocycles. The van der Waals surface area contributed by atoms with Crippen molar-refractivity contribution < 1.29 is 4.79 Å². The lowest BCUT2D eigenvalue weighted by Crippen LogP contribution is -2.50. The molecule has 18 heavy (non-hydrogen) atoms. The van der Waals surface area contributed by atoms with Gasteiger partial charge in [0.15, 0.2) is 0 Å². The van der Waals surface area contributed by atoms with Gasteiger partial charge in [0, 0.05) is 32.1 Å². The highest BCUT2D eigenvalue weighted by Crippen LogP contribution is 2.18. The van der Waals surface area contributed by atoms with Crippen LogP contribution in [0.25, 0.3) is 0 Å². The standard InChI is InChI=1S/C13H25N3OS/c1-10(2)16(8-6-12(14)18)13(17)15-7-4-5-11(3)9-15/h10-11H,4-9H2,1-3H3,(H2,14,18). The fourth-order valence-corrected chi connectivity index (χ4v) is 2.44. The van der Waals surface area contributed by atoms with Crippen LogP contribution in [-0.4, -0.2) is 46.5 Å². The Hall–Kier alpha value is -0.840. The third kappa shape index (κ3) is 4.44. The number of urea groups is 1. The van der Waals surface area contributed by atoms with E-state index >= 15 is 0 Å². The van der Waals surface area contributed by atoms with Gasteiger partial charge in [-0.05, 0) is 32.6 Å². The molecule has 104 valence electrons. The SMILES string of the molecule is CC1CCCN(C(=O)N(CCC(N)=S)C(C)C)C1. The average Bonchev–Trinajstić information content (AvgIpc) is 2.28. The third-order valence-corrected chi connectivity index (χ3v) is 3.60. The van der Waals surface area contributed by atoms with Crippen molar-refractivity contribution in [1.29, 1.82) is 0 Å². The van der Waals surface area contributed by atoms with E-state index in [1.807, 2.05) is 23.6 Å². The van der Waals surface area contributed by atoms with Crippen LogP contribution in [0.15, 0.2) is 0 Å². The quantitative estimate of drug-likeness (QED) is 0.798. The Balaban J connectivity index is 2.60. The molecule has 0 aromatic rings. The van der Waals surface area contributed by atoms with Crippen LogP contribution in [0.3, 0.4) is 0 Å². The molecule has 1 heterocycles. The fraction of sp³-hybridized carbons (Fsp3) is 0.846. The van der Waals surface area contributed by atoms with E-state index in [4.69, 9.17) is 18.0 Å². The van der Waals surface area contributed by atoms with Crippen LogP contribution in [0, 0.1) is 5.92 Å². The van der Waals surface area contributed by atoms with Gasteiger partial charge in [-0.1, -0.05) is 19.1 Å². The maximum Gasteiger partial charge on any atom is 0.320 e. The maximum atomic E-state index is 12.5. The Morgan fingerprint density at radius 3 is 2.72 bits per heavy atom. The van der Waals surface area contributed by atoms with Crippen molar-refractivity contribution in [2.24, 2.45) is 11.7 Å². The van der Waals surface area contributed by atoms with Gasteiger partial charge in [-0.15, -0.1) is 0 Å². The van der Waals surface area contributed by atoms with Crippen LogP contribution in [0.1, 0.15) is 40.0 Å². The molecule has 1 saturated heterocycles. The maximum absolute atomic E-state index is 12.5. The van der Waals surface area contributed by atoms with Gasteiger partial charge in [-0.25, -0.2) is 4.79 Å². The molecule has 2 amide bonds. The van der Waals surface area contributed by atoms with Crippen molar-refractivity contribution in [2.45, 2.75) is 46.1 Å². The number of piperidine rings is 1. The summed E-state index contributed by atoms with van der Waals surface area (Å²) < 4.78 is 0. The molecule has 0 aromatic carbocycles. The van der Waals surface area contributed by atoms with Gasteiger partial charge in [0.2, 0.25) is 0 Å². The van der Waals surface area contributed by atoms with Gasteiger partial charge in [0.05, 0.1) is 4.99 Å². The Morgan fingerprint density at radius 1 is 1.56 bits per heavy atom. The lowest BCUT2D eigenvalue weighted by molar-refractivity contribution is 0.122. The first-order valence-electron chi connectivity index (χ1n) is 6.75. The Kier molecular flexibility index (Phi) is 5.85. The second-order valence-electron chi connectivity index (χ2n) is 5.48. The molecule has 5 heteroatoms. The predicted octanol–water partition coefficient (Wildman–Crippen LogP) is 2.22. The molecule has 1 aliphatic heterocycles. The first-order chi connectivity index (χ1) is 8.41. The van der Waals surface area contributed by atoms with Crippen LogP contribution in [0.4, 0.5) is 4.79 Å². The van der Waals surface area contributed by atoms with E-state index in [1.165, 1.54) is 6.42 Å². The van der Waals surface area contributed by atoms with Crippen molar-refractivity contribution in [3.8, 4) is 0 Å². The normalized spacial score (nSPS) is 20.0. The molecule has 0 bridgehead atoms. The summed E-state index contributed by atoms with van der Waals surface area (Å²) in [5.74, 6) is 0.604. The van der Waals surface area contributed by atoms with Gasteiger partial charge in [0.25, 0.3) is 0 Å². The Morgan fingerprint density at radius 2 is 2.22 bits per heavy atom. The van der Waals surface area contributed by atoms with Crippen molar-refractivity contribution in [2.75, 3.05) is 19.6 Å². The van der Waals surface area contributed by atoms with Crippen molar-refractivity contribution in [3.05, 3.63) is 0 Å². The molecule has 0 aliphatic carbocycles. The van der Waals surface area contributed by atoms with Gasteiger partial charge < -0.3 is 15.5 Å². The highest BCUT2D eigenvalue weighted by atomic mass is 32.1. The zero-order valence-electron chi connectivity index (χ0n) is 11.7. The van der Waals surface area contributed by atoms with E-state index in [9.17, 15) is 4.79 Å². The summed E-state index contributed by atoms with van der Waals surface area (Å²) in [6.45, 7) is 8.63. The zero-order chi connectivity index (χ0) is 13.7. The van der Waals surface area contributed by atoms with E-state index in [-0.39, 0.29) is 12.1 Å². The topological polar surface area (TPSA) is 49.6 Å². The summed E-state index contributed by atoms with van der Waals surface area (Å²) in [5.41, 5.74) is 5.52. The molecule has 0 saturated carbocycles. The fourth-order valence-electron chi connectivity index (χ4n) is 2.35. The van der Waals surface area contributed by atoms with Crippen molar-refractivity contribution >= 4 is 23.2 Å². The molecule has 1 aliphatic rings. The van der Waals surface area contributed by atoms with E-state index in [0.29, 0.717) is 23.9 Å². The molecule has 1 atom stereocenters. The number of likely N-dealkylation sites (tertiary alicyclic amines) is 1. The summed E-state index contributed by atoms with van der Waals surface area (Å²) in [7, 11) is 0. The molecule has 1 unspecified atom stereocenters.